The smallest absolute Gasteiger partial charge is 0.302 e. The summed E-state index contributed by atoms with van der Waals surface area (Å²) in [6, 6.07) is 13.8. The number of nitrogens with zero attached hydrogens (tertiary/aromatic N) is 2. The van der Waals surface area contributed by atoms with Crippen molar-refractivity contribution < 1.29 is 9.53 Å². The van der Waals surface area contributed by atoms with E-state index in [1.807, 2.05) is 0 Å². The molecule has 4 heteroatoms. The molecule has 4 nitrogen and oxygen atoms in total. The van der Waals surface area contributed by atoms with Crippen LogP contribution in [0.1, 0.15) is 65.7 Å². The first-order chi connectivity index (χ1) is 15.3. The van der Waals surface area contributed by atoms with Gasteiger partial charge in [-0.05, 0) is 73.8 Å². The number of carbonyl (C=O) groups excluding carboxylic acids is 1. The number of hydrogen-bond acceptors (Lipinski definition) is 4. The first kappa shape index (κ1) is 20.3. The molecule has 0 aromatic heterocycles. The molecule has 0 bridgehead atoms. The van der Waals surface area contributed by atoms with Crippen LogP contribution in [0, 0.1) is 39.9 Å². The predicted molar refractivity (Wildman–Crippen MR) is 124 cm³/mol. The van der Waals surface area contributed by atoms with Crippen LogP contribution in [-0.4, -0.2) is 23.7 Å². The average molecular weight is 431 g/mol. The Bertz CT molecular complexity index is 1030. The molecule has 0 amide bonds. The van der Waals surface area contributed by atoms with Gasteiger partial charge in [0.05, 0.1) is 12.1 Å². The molecule has 1 aromatic rings. The fraction of sp³-hybridized carbons (Fsp3) is 0.643. The van der Waals surface area contributed by atoms with Gasteiger partial charge in [0, 0.05) is 24.4 Å². The molecule has 8 atom stereocenters. The lowest BCUT2D eigenvalue weighted by Crippen LogP contribution is -2.54. The molecular formula is C28H34N2O2. The van der Waals surface area contributed by atoms with Crippen LogP contribution in [0.15, 0.2) is 42.0 Å². The third-order valence-electron chi connectivity index (χ3n) is 10.4. The number of ether oxygens (including phenoxy) is 1. The molecule has 5 aliphatic rings. The molecule has 1 saturated heterocycles. The molecule has 0 radical (unpaired) electrons. The number of allylic oxidation sites excluding steroid dienone is 1. The Hall–Kier alpha value is -2.28. The maximum Gasteiger partial charge on any atom is 0.302 e. The van der Waals surface area contributed by atoms with Gasteiger partial charge in [-0.25, -0.2) is 0 Å². The SMILES string of the molecule is CC(=O)OC1CCC2(C)C(=CCC3C2CCC2(C)C3CC3N(c4ccccc4)C32C#N)C1. The summed E-state index contributed by atoms with van der Waals surface area (Å²) in [5, 5.41) is 10.5. The summed E-state index contributed by atoms with van der Waals surface area (Å²) in [7, 11) is 0. The number of rotatable bonds is 2. The van der Waals surface area contributed by atoms with E-state index in [1.165, 1.54) is 24.6 Å². The van der Waals surface area contributed by atoms with E-state index in [2.05, 4.69) is 61.2 Å². The van der Waals surface area contributed by atoms with E-state index in [-0.39, 0.29) is 28.4 Å². The van der Waals surface area contributed by atoms with Gasteiger partial charge in [-0.1, -0.05) is 43.7 Å². The standard InChI is InChI=1S/C28H34N2O2/c1-18(31)32-21-11-13-26(2)19(15-21)9-10-22-23(26)12-14-27(3)24(22)16-25-28(27,17-29)30(25)20-7-5-4-6-8-20/h4-9,21-25H,10-16H2,1-3H3. The molecule has 1 heterocycles. The summed E-state index contributed by atoms with van der Waals surface area (Å²) in [5.74, 6) is 1.82. The van der Waals surface area contributed by atoms with E-state index >= 15 is 0 Å². The van der Waals surface area contributed by atoms with Crippen molar-refractivity contribution in [3.8, 4) is 6.07 Å². The molecule has 168 valence electrons. The summed E-state index contributed by atoms with van der Waals surface area (Å²) in [6.45, 7) is 6.43. The quantitative estimate of drug-likeness (QED) is 0.346. The van der Waals surface area contributed by atoms with Crippen molar-refractivity contribution in [3.05, 3.63) is 42.0 Å². The second-order valence-corrected chi connectivity index (χ2v) is 11.5. The highest BCUT2D eigenvalue weighted by Gasteiger charge is 2.80. The van der Waals surface area contributed by atoms with Crippen molar-refractivity contribution in [3.63, 3.8) is 0 Å². The summed E-state index contributed by atoms with van der Waals surface area (Å²) in [5.41, 5.74) is 2.69. The van der Waals surface area contributed by atoms with Crippen molar-refractivity contribution >= 4 is 11.7 Å². The van der Waals surface area contributed by atoms with Crippen LogP contribution in [-0.2, 0) is 9.53 Å². The van der Waals surface area contributed by atoms with Gasteiger partial charge in [0.15, 0.2) is 5.54 Å². The van der Waals surface area contributed by atoms with E-state index in [0.717, 1.165) is 38.5 Å². The van der Waals surface area contributed by atoms with Crippen LogP contribution in [0.4, 0.5) is 5.69 Å². The highest BCUT2D eigenvalue weighted by molar-refractivity contribution is 5.68. The normalized spacial score (nSPS) is 46.0. The van der Waals surface area contributed by atoms with Gasteiger partial charge in [-0.3, -0.25) is 4.79 Å². The van der Waals surface area contributed by atoms with Crippen molar-refractivity contribution in [1.29, 1.82) is 5.26 Å². The second kappa shape index (κ2) is 6.62. The zero-order valence-corrected chi connectivity index (χ0v) is 19.5. The monoisotopic (exact) mass is 430 g/mol. The van der Waals surface area contributed by atoms with Gasteiger partial charge in [0.2, 0.25) is 0 Å². The highest BCUT2D eigenvalue weighted by Crippen LogP contribution is 2.74. The van der Waals surface area contributed by atoms with Crippen molar-refractivity contribution in [2.24, 2.45) is 28.6 Å². The van der Waals surface area contributed by atoms with Crippen molar-refractivity contribution in [2.45, 2.75) is 83.4 Å². The van der Waals surface area contributed by atoms with E-state index in [9.17, 15) is 10.1 Å². The van der Waals surface area contributed by atoms with Gasteiger partial charge >= 0.3 is 5.97 Å². The Morgan fingerprint density at radius 2 is 1.94 bits per heavy atom. The minimum absolute atomic E-state index is 0.0534. The van der Waals surface area contributed by atoms with Gasteiger partial charge in [-0.15, -0.1) is 0 Å². The fourth-order valence-corrected chi connectivity index (χ4v) is 8.94. The number of benzene rings is 1. The number of nitriles is 1. The number of para-hydroxylation sites is 1. The summed E-state index contributed by atoms with van der Waals surface area (Å²) < 4.78 is 5.59. The Labute approximate surface area is 191 Å². The van der Waals surface area contributed by atoms with Crippen LogP contribution in [0.3, 0.4) is 0 Å². The number of anilines is 1. The molecule has 32 heavy (non-hydrogen) atoms. The van der Waals surface area contributed by atoms with Crippen LogP contribution >= 0.6 is 0 Å². The molecular weight excluding hydrogens is 396 g/mol. The third kappa shape index (κ3) is 2.40. The molecule has 1 aromatic carbocycles. The van der Waals surface area contributed by atoms with Crippen LogP contribution in [0.2, 0.25) is 0 Å². The molecule has 8 unspecified atom stereocenters. The molecule has 6 rings (SSSR count). The molecule has 1 aliphatic heterocycles. The predicted octanol–water partition coefficient (Wildman–Crippen LogP) is 5.64. The van der Waals surface area contributed by atoms with Crippen molar-refractivity contribution in [2.75, 3.05) is 4.90 Å². The van der Waals surface area contributed by atoms with Gasteiger partial charge in [-0.2, -0.15) is 5.26 Å². The Kier molecular flexibility index (Phi) is 4.21. The highest BCUT2D eigenvalue weighted by atomic mass is 16.5. The van der Waals surface area contributed by atoms with Crippen molar-refractivity contribution in [1.82, 2.24) is 0 Å². The maximum atomic E-state index is 11.5. The number of piperidine rings is 1. The number of fused-ring (bicyclic) bond motifs is 7. The largest absolute Gasteiger partial charge is 0.462 e. The molecule has 4 aliphatic carbocycles. The van der Waals surface area contributed by atoms with E-state index < -0.39 is 0 Å². The molecule has 0 N–H and O–H groups in total. The summed E-state index contributed by atoms with van der Waals surface area (Å²) >= 11 is 0. The van der Waals surface area contributed by atoms with Crippen LogP contribution in [0.25, 0.3) is 0 Å². The van der Waals surface area contributed by atoms with Gasteiger partial charge < -0.3 is 9.64 Å². The number of carbonyl (C=O) groups is 1. The Morgan fingerprint density at radius 3 is 2.66 bits per heavy atom. The first-order valence-corrected chi connectivity index (χ1v) is 12.5. The fourth-order valence-electron chi connectivity index (χ4n) is 8.94. The average Bonchev–Trinajstić information content (AvgIpc) is 3.37. The summed E-state index contributed by atoms with van der Waals surface area (Å²) in [6.07, 6.45) is 10.2. The number of esters is 1. The zero-order valence-electron chi connectivity index (χ0n) is 19.5. The Balaban J connectivity index is 1.29. The van der Waals surface area contributed by atoms with E-state index in [1.54, 1.807) is 0 Å². The molecule has 4 fully saturated rings. The topological polar surface area (TPSA) is 53.1 Å². The van der Waals surface area contributed by atoms with Crippen LogP contribution in [0.5, 0.6) is 0 Å². The zero-order chi connectivity index (χ0) is 22.3. The lowest BCUT2D eigenvalue weighted by Gasteiger charge is -2.58. The second-order valence-electron chi connectivity index (χ2n) is 11.5. The minimum atomic E-state index is -0.331. The summed E-state index contributed by atoms with van der Waals surface area (Å²) in [4.78, 5) is 13.9. The lowest BCUT2D eigenvalue weighted by molar-refractivity contribution is -0.148. The minimum Gasteiger partial charge on any atom is -0.462 e. The lowest BCUT2D eigenvalue weighted by atomic mass is 9.47. The molecule has 3 saturated carbocycles. The van der Waals surface area contributed by atoms with E-state index in [4.69, 9.17) is 4.74 Å². The van der Waals surface area contributed by atoms with Crippen LogP contribution < -0.4 is 4.90 Å². The Morgan fingerprint density at radius 1 is 1.16 bits per heavy atom. The first-order valence-electron chi connectivity index (χ1n) is 12.5. The van der Waals surface area contributed by atoms with E-state index in [0.29, 0.717) is 23.8 Å². The van der Waals surface area contributed by atoms with Gasteiger partial charge in [0.1, 0.15) is 6.10 Å². The molecule has 0 spiro atoms. The third-order valence-corrected chi connectivity index (χ3v) is 10.4. The number of hydrogen-bond donors (Lipinski definition) is 0. The maximum absolute atomic E-state index is 11.5. The van der Waals surface area contributed by atoms with Gasteiger partial charge in [0.25, 0.3) is 0 Å².